The molecule has 0 aliphatic carbocycles. The maximum atomic E-state index is 12.1. The van der Waals surface area contributed by atoms with Gasteiger partial charge in [-0.25, -0.2) is 5.01 Å². The van der Waals surface area contributed by atoms with Gasteiger partial charge in [0.15, 0.2) is 11.6 Å². The van der Waals surface area contributed by atoms with Gasteiger partial charge in [-0.15, -0.1) is 0 Å². The topological polar surface area (TPSA) is 48.7 Å². The molecule has 1 aromatic rings. The first-order valence-corrected chi connectivity index (χ1v) is 7.24. The predicted octanol–water partition coefficient (Wildman–Crippen LogP) is 2.01. The summed E-state index contributed by atoms with van der Waals surface area (Å²) in [6.45, 7) is 3.93. The Labute approximate surface area is 113 Å². The first-order chi connectivity index (χ1) is 9.33. The molecule has 2 aliphatic rings. The second-order valence-corrected chi connectivity index (χ2v) is 5.32. The minimum atomic E-state index is -0.132. The first kappa shape index (κ1) is 12.5. The standard InChI is InChI=1S/C14H21N3O2/c18-14(15-17-10-2-1-3-11-17)12-6-7-13(19-12)16-8-4-5-9-16/h6-7H,1-5,8-11H2,(H,15,18). The van der Waals surface area contributed by atoms with Gasteiger partial charge in [-0.1, -0.05) is 6.42 Å². The number of carbonyl (C=O) groups excluding carboxylic acids is 1. The summed E-state index contributed by atoms with van der Waals surface area (Å²) in [7, 11) is 0. The second kappa shape index (κ2) is 5.65. The monoisotopic (exact) mass is 263 g/mol. The summed E-state index contributed by atoms with van der Waals surface area (Å²) in [6.07, 6.45) is 5.97. The number of hydrogen-bond donors (Lipinski definition) is 1. The molecule has 5 heteroatoms. The maximum absolute atomic E-state index is 12.1. The Hall–Kier alpha value is -1.49. The Morgan fingerprint density at radius 1 is 1.00 bits per heavy atom. The maximum Gasteiger partial charge on any atom is 0.301 e. The molecule has 3 heterocycles. The molecule has 1 aromatic heterocycles. The van der Waals surface area contributed by atoms with E-state index in [1.807, 2.05) is 11.1 Å². The van der Waals surface area contributed by atoms with Gasteiger partial charge in [0, 0.05) is 32.2 Å². The third-order valence-electron chi connectivity index (χ3n) is 3.85. The fourth-order valence-corrected chi connectivity index (χ4v) is 2.76. The smallest absolute Gasteiger partial charge is 0.301 e. The SMILES string of the molecule is O=C(NN1CCCCC1)c1ccc(N2CCCC2)o1. The van der Waals surface area contributed by atoms with Crippen molar-refractivity contribution in [3.63, 3.8) is 0 Å². The molecule has 0 saturated carbocycles. The van der Waals surface area contributed by atoms with Gasteiger partial charge in [0.05, 0.1) is 0 Å². The lowest BCUT2D eigenvalue weighted by atomic mass is 10.2. The molecule has 0 aromatic carbocycles. The summed E-state index contributed by atoms with van der Waals surface area (Å²) in [5, 5.41) is 1.99. The van der Waals surface area contributed by atoms with Crippen molar-refractivity contribution in [2.45, 2.75) is 32.1 Å². The van der Waals surface area contributed by atoms with E-state index in [2.05, 4.69) is 10.3 Å². The highest BCUT2D eigenvalue weighted by Crippen LogP contribution is 2.22. The summed E-state index contributed by atoms with van der Waals surface area (Å²) in [6, 6.07) is 3.67. The number of hydrogen-bond acceptors (Lipinski definition) is 4. The molecule has 104 valence electrons. The zero-order chi connectivity index (χ0) is 13.1. The van der Waals surface area contributed by atoms with Gasteiger partial charge in [-0.3, -0.25) is 10.2 Å². The molecule has 2 fully saturated rings. The number of furan rings is 1. The van der Waals surface area contributed by atoms with Gasteiger partial charge in [0.1, 0.15) is 0 Å². The van der Waals surface area contributed by atoms with Crippen LogP contribution in [0.1, 0.15) is 42.7 Å². The molecule has 0 spiro atoms. The molecule has 19 heavy (non-hydrogen) atoms. The van der Waals surface area contributed by atoms with E-state index in [0.29, 0.717) is 5.76 Å². The first-order valence-electron chi connectivity index (χ1n) is 7.24. The molecule has 1 N–H and O–H groups in total. The number of piperidine rings is 1. The third-order valence-corrected chi connectivity index (χ3v) is 3.85. The van der Waals surface area contributed by atoms with E-state index >= 15 is 0 Å². The van der Waals surface area contributed by atoms with Crippen LogP contribution in [-0.4, -0.2) is 37.1 Å². The van der Waals surface area contributed by atoms with Crippen LogP contribution < -0.4 is 10.3 Å². The van der Waals surface area contributed by atoms with E-state index in [1.165, 1.54) is 19.3 Å². The number of anilines is 1. The van der Waals surface area contributed by atoms with Gasteiger partial charge in [-0.2, -0.15) is 0 Å². The molecule has 3 rings (SSSR count). The van der Waals surface area contributed by atoms with Crippen molar-refractivity contribution in [1.29, 1.82) is 0 Å². The lowest BCUT2D eigenvalue weighted by molar-refractivity contribution is 0.0722. The molecule has 0 unspecified atom stereocenters. The zero-order valence-corrected chi connectivity index (χ0v) is 11.2. The van der Waals surface area contributed by atoms with Crippen LogP contribution in [0.2, 0.25) is 0 Å². The minimum absolute atomic E-state index is 0.132. The number of amides is 1. The average molecular weight is 263 g/mol. The lowest BCUT2D eigenvalue weighted by Gasteiger charge is -2.26. The Balaban J connectivity index is 1.59. The second-order valence-electron chi connectivity index (χ2n) is 5.32. The summed E-state index contributed by atoms with van der Waals surface area (Å²) < 4.78 is 5.66. The summed E-state index contributed by atoms with van der Waals surface area (Å²) in [4.78, 5) is 14.3. The summed E-state index contributed by atoms with van der Waals surface area (Å²) >= 11 is 0. The van der Waals surface area contributed by atoms with Crippen molar-refractivity contribution in [1.82, 2.24) is 10.4 Å². The fourth-order valence-electron chi connectivity index (χ4n) is 2.76. The number of rotatable bonds is 3. The van der Waals surface area contributed by atoms with Gasteiger partial charge in [0.2, 0.25) is 0 Å². The molecular weight excluding hydrogens is 242 g/mol. The van der Waals surface area contributed by atoms with Gasteiger partial charge in [0.25, 0.3) is 0 Å². The van der Waals surface area contributed by atoms with Crippen molar-refractivity contribution in [3.05, 3.63) is 17.9 Å². The molecule has 1 amide bonds. The number of nitrogens with one attached hydrogen (secondary N) is 1. The van der Waals surface area contributed by atoms with Crippen LogP contribution in [0.4, 0.5) is 5.88 Å². The summed E-state index contributed by atoms with van der Waals surface area (Å²) in [5.74, 6) is 1.10. The van der Waals surface area contributed by atoms with Gasteiger partial charge >= 0.3 is 5.91 Å². The van der Waals surface area contributed by atoms with Gasteiger partial charge in [-0.05, 0) is 31.7 Å². The Kier molecular flexibility index (Phi) is 3.73. The van der Waals surface area contributed by atoms with E-state index in [0.717, 1.165) is 44.9 Å². The van der Waals surface area contributed by atoms with Crippen LogP contribution >= 0.6 is 0 Å². The molecule has 0 atom stereocenters. The third kappa shape index (κ3) is 2.92. The van der Waals surface area contributed by atoms with Crippen LogP contribution in [0, 0.1) is 0 Å². The average Bonchev–Trinajstić information content (AvgIpc) is 3.11. The van der Waals surface area contributed by atoms with Gasteiger partial charge < -0.3 is 9.32 Å². The van der Waals surface area contributed by atoms with E-state index in [1.54, 1.807) is 6.07 Å². The van der Waals surface area contributed by atoms with Crippen molar-refractivity contribution in [2.24, 2.45) is 0 Å². The highest BCUT2D eigenvalue weighted by molar-refractivity contribution is 5.91. The van der Waals surface area contributed by atoms with Crippen molar-refractivity contribution in [3.8, 4) is 0 Å². The molecule has 5 nitrogen and oxygen atoms in total. The Morgan fingerprint density at radius 2 is 1.68 bits per heavy atom. The molecule has 0 radical (unpaired) electrons. The highest BCUT2D eigenvalue weighted by Gasteiger charge is 2.20. The van der Waals surface area contributed by atoms with Crippen LogP contribution in [0.5, 0.6) is 0 Å². The fraction of sp³-hybridized carbons (Fsp3) is 0.643. The Morgan fingerprint density at radius 3 is 2.42 bits per heavy atom. The number of nitrogens with zero attached hydrogens (tertiary/aromatic N) is 2. The van der Waals surface area contributed by atoms with Crippen LogP contribution in [-0.2, 0) is 0 Å². The Bertz CT molecular complexity index is 432. The predicted molar refractivity (Wildman–Crippen MR) is 73.0 cm³/mol. The molecule has 2 saturated heterocycles. The lowest BCUT2D eigenvalue weighted by Crippen LogP contribution is -2.44. The van der Waals surface area contributed by atoms with E-state index in [4.69, 9.17) is 4.42 Å². The number of hydrazine groups is 1. The summed E-state index contributed by atoms with van der Waals surface area (Å²) in [5.41, 5.74) is 2.92. The largest absolute Gasteiger partial charge is 0.435 e. The van der Waals surface area contributed by atoms with Crippen molar-refractivity contribution >= 4 is 11.8 Å². The quantitative estimate of drug-likeness (QED) is 0.906. The normalized spacial score (nSPS) is 20.7. The van der Waals surface area contributed by atoms with Crippen molar-refractivity contribution < 1.29 is 9.21 Å². The van der Waals surface area contributed by atoms with Crippen molar-refractivity contribution in [2.75, 3.05) is 31.1 Å². The zero-order valence-electron chi connectivity index (χ0n) is 11.2. The molecule has 0 bridgehead atoms. The van der Waals surface area contributed by atoms with Crippen LogP contribution in [0.15, 0.2) is 16.5 Å². The minimum Gasteiger partial charge on any atom is -0.435 e. The van der Waals surface area contributed by atoms with E-state index < -0.39 is 0 Å². The van der Waals surface area contributed by atoms with E-state index in [9.17, 15) is 4.79 Å². The van der Waals surface area contributed by atoms with Crippen LogP contribution in [0.25, 0.3) is 0 Å². The molecular formula is C14H21N3O2. The highest BCUT2D eigenvalue weighted by atomic mass is 16.4. The van der Waals surface area contributed by atoms with Crippen LogP contribution in [0.3, 0.4) is 0 Å². The van der Waals surface area contributed by atoms with E-state index in [-0.39, 0.29) is 5.91 Å². The molecule has 2 aliphatic heterocycles. The number of carbonyl (C=O) groups is 1.